The zero-order valence-electron chi connectivity index (χ0n) is 16.2. The zero-order valence-corrected chi connectivity index (χ0v) is 17.0. The summed E-state index contributed by atoms with van der Waals surface area (Å²) in [5.74, 6) is 0.940. The van der Waals surface area contributed by atoms with E-state index in [1.54, 1.807) is 36.9 Å². The SMILES string of the molecule is COc1cccc(/C=N\NC(=O)CSc2nnc(-c3cccc([N+](=O)[O-])c3)n2C)c1. The molecule has 0 bridgehead atoms. The van der Waals surface area contributed by atoms with Crippen molar-refractivity contribution in [3.8, 4) is 17.1 Å². The number of nitrogens with zero attached hydrogens (tertiary/aromatic N) is 5. The van der Waals surface area contributed by atoms with Gasteiger partial charge in [-0.3, -0.25) is 14.9 Å². The van der Waals surface area contributed by atoms with Crippen LogP contribution >= 0.6 is 11.8 Å². The summed E-state index contributed by atoms with van der Waals surface area (Å²) < 4.78 is 6.81. The number of nitrogens with one attached hydrogen (secondary N) is 1. The number of non-ortho nitro benzene ring substituents is 1. The molecule has 1 amide bonds. The number of methoxy groups -OCH3 is 1. The van der Waals surface area contributed by atoms with E-state index in [-0.39, 0.29) is 17.3 Å². The molecule has 0 fully saturated rings. The van der Waals surface area contributed by atoms with Crippen LogP contribution < -0.4 is 10.2 Å². The molecule has 0 unspecified atom stereocenters. The van der Waals surface area contributed by atoms with Crippen LogP contribution in [0.1, 0.15) is 5.56 Å². The number of benzene rings is 2. The van der Waals surface area contributed by atoms with Gasteiger partial charge in [0.05, 0.1) is 24.0 Å². The minimum Gasteiger partial charge on any atom is -0.497 e. The number of nitro benzene ring substituents is 1. The first kappa shape index (κ1) is 21.0. The van der Waals surface area contributed by atoms with Crippen LogP contribution in [-0.4, -0.2) is 44.7 Å². The molecule has 1 aromatic heterocycles. The Morgan fingerprint density at radius 3 is 2.87 bits per heavy atom. The number of hydrazone groups is 1. The van der Waals surface area contributed by atoms with Crippen molar-refractivity contribution in [2.24, 2.45) is 12.1 Å². The highest BCUT2D eigenvalue weighted by atomic mass is 32.2. The topological polar surface area (TPSA) is 125 Å². The Morgan fingerprint density at radius 2 is 2.10 bits per heavy atom. The van der Waals surface area contributed by atoms with Crippen LogP contribution in [0.2, 0.25) is 0 Å². The van der Waals surface area contributed by atoms with E-state index in [2.05, 4.69) is 20.7 Å². The second-order valence-corrected chi connectivity index (χ2v) is 6.97. The van der Waals surface area contributed by atoms with Gasteiger partial charge in [-0.1, -0.05) is 36.0 Å². The van der Waals surface area contributed by atoms with Crippen LogP contribution in [0, 0.1) is 10.1 Å². The summed E-state index contributed by atoms with van der Waals surface area (Å²) in [4.78, 5) is 22.5. The molecule has 0 atom stereocenters. The number of rotatable bonds is 8. The van der Waals surface area contributed by atoms with Crippen LogP contribution in [0.5, 0.6) is 5.75 Å². The smallest absolute Gasteiger partial charge is 0.270 e. The van der Waals surface area contributed by atoms with Gasteiger partial charge in [-0.15, -0.1) is 10.2 Å². The van der Waals surface area contributed by atoms with Crippen LogP contribution in [0.3, 0.4) is 0 Å². The van der Waals surface area contributed by atoms with Crippen molar-refractivity contribution in [1.29, 1.82) is 0 Å². The molecule has 1 heterocycles. The number of hydrogen-bond donors (Lipinski definition) is 1. The fourth-order valence-corrected chi connectivity index (χ4v) is 3.22. The number of nitro groups is 1. The van der Waals surface area contributed by atoms with Crippen LogP contribution in [0.15, 0.2) is 58.8 Å². The lowest BCUT2D eigenvalue weighted by atomic mass is 10.2. The molecule has 0 saturated carbocycles. The van der Waals surface area contributed by atoms with E-state index in [1.807, 2.05) is 18.2 Å². The fraction of sp³-hybridized carbons (Fsp3) is 0.158. The summed E-state index contributed by atoms with van der Waals surface area (Å²) in [6.45, 7) is 0. The van der Waals surface area contributed by atoms with Gasteiger partial charge in [-0.25, -0.2) is 5.43 Å². The third kappa shape index (κ3) is 5.20. The van der Waals surface area contributed by atoms with Crippen molar-refractivity contribution in [1.82, 2.24) is 20.2 Å². The van der Waals surface area contributed by atoms with Gasteiger partial charge in [-0.05, 0) is 17.7 Å². The van der Waals surface area contributed by atoms with Crippen molar-refractivity contribution in [2.45, 2.75) is 5.16 Å². The maximum atomic E-state index is 12.0. The maximum Gasteiger partial charge on any atom is 0.270 e. The summed E-state index contributed by atoms with van der Waals surface area (Å²) in [7, 11) is 3.31. The molecule has 2 aromatic carbocycles. The van der Waals surface area contributed by atoms with Gasteiger partial charge in [0.2, 0.25) is 0 Å². The lowest BCUT2D eigenvalue weighted by molar-refractivity contribution is -0.384. The molecule has 0 aliphatic rings. The molecule has 0 aliphatic heterocycles. The van der Waals surface area contributed by atoms with Gasteiger partial charge in [0.1, 0.15) is 5.75 Å². The quantitative estimate of drug-likeness (QED) is 0.254. The Bertz CT molecular complexity index is 1100. The van der Waals surface area contributed by atoms with Gasteiger partial charge >= 0.3 is 0 Å². The Kier molecular flexibility index (Phi) is 6.75. The lowest BCUT2D eigenvalue weighted by Gasteiger charge is -2.04. The molecule has 154 valence electrons. The van der Waals surface area contributed by atoms with Crippen molar-refractivity contribution < 1.29 is 14.5 Å². The highest BCUT2D eigenvalue weighted by Crippen LogP contribution is 2.25. The molecule has 11 heteroatoms. The van der Waals surface area contributed by atoms with Gasteiger partial charge in [0.25, 0.3) is 11.6 Å². The predicted molar refractivity (Wildman–Crippen MR) is 113 cm³/mol. The summed E-state index contributed by atoms with van der Waals surface area (Å²) in [5, 5.41) is 23.5. The maximum absolute atomic E-state index is 12.0. The molecule has 30 heavy (non-hydrogen) atoms. The molecule has 0 radical (unpaired) electrons. The molecule has 3 rings (SSSR count). The normalized spacial score (nSPS) is 10.9. The van der Waals surface area contributed by atoms with Crippen LogP contribution in [-0.2, 0) is 11.8 Å². The Morgan fingerprint density at radius 1 is 1.30 bits per heavy atom. The minimum atomic E-state index is -0.466. The summed E-state index contributed by atoms with van der Waals surface area (Å²) in [5.41, 5.74) is 3.78. The number of ether oxygens (including phenoxy) is 1. The first-order valence-electron chi connectivity index (χ1n) is 8.71. The van der Waals surface area contributed by atoms with E-state index in [9.17, 15) is 14.9 Å². The molecule has 1 N–H and O–H groups in total. The number of amides is 1. The Balaban J connectivity index is 1.58. The summed E-state index contributed by atoms with van der Waals surface area (Å²) >= 11 is 1.18. The zero-order chi connectivity index (χ0) is 21.5. The highest BCUT2D eigenvalue weighted by Gasteiger charge is 2.15. The average molecular weight is 426 g/mol. The summed E-state index contributed by atoms with van der Waals surface area (Å²) in [6.07, 6.45) is 1.52. The van der Waals surface area contributed by atoms with Gasteiger partial charge in [0, 0.05) is 24.7 Å². The van der Waals surface area contributed by atoms with Gasteiger partial charge in [0.15, 0.2) is 11.0 Å². The number of hydrogen-bond acceptors (Lipinski definition) is 8. The van der Waals surface area contributed by atoms with Crippen molar-refractivity contribution in [2.75, 3.05) is 12.9 Å². The van der Waals surface area contributed by atoms with Crippen molar-refractivity contribution >= 4 is 29.6 Å². The standard InChI is InChI=1S/C19H18N6O4S/c1-24-18(14-6-4-7-15(10-14)25(27)28)22-23-19(24)30-12-17(26)21-20-11-13-5-3-8-16(9-13)29-2/h3-11H,12H2,1-2H3,(H,21,26)/b20-11-. The number of carbonyl (C=O) groups is 1. The number of carbonyl (C=O) groups excluding carboxylic acids is 1. The third-order valence-electron chi connectivity index (χ3n) is 3.98. The molecule has 0 spiro atoms. The molecular formula is C19H18N6O4S. The van der Waals surface area contributed by atoms with E-state index >= 15 is 0 Å². The fourth-order valence-electron chi connectivity index (χ4n) is 2.51. The van der Waals surface area contributed by atoms with E-state index < -0.39 is 4.92 Å². The second kappa shape index (κ2) is 9.65. The second-order valence-electron chi connectivity index (χ2n) is 6.03. The third-order valence-corrected chi connectivity index (χ3v) is 5.00. The molecule has 0 aliphatic carbocycles. The Labute approximate surface area is 176 Å². The average Bonchev–Trinajstić information content (AvgIpc) is 3.12. The Hall–Kier alpha value is -3.73. The molecule has 3 aromatic rings. The number of thioether (sulfide) groups is 1. The van der Waals surface area contributed by atoms with E-state index in [0.29, 0.717) is 22.3 Å². The van der Waals surface area contributed by atoms with Gasteiger partial charge in [-0.2, -0.15) is 5.10 Å². The number of aromatic nitrogens is 3. The monoisotopic (exact) mass is 426 g/mol. The highest BCUT2D eigenvalue weighted by molar-refractivity contribution is 7.99. The van der Waals surface area contributed by atoms with Crippen molar-refractivity contribution in [3.63, 3.8) is 0 Å². The van der Waals surface area contributed by atoms with E-state index in [0.717, 1.165) is 5.56 Å². The van der Waals surface area contributed by atoms with Crippen LogP contribution in [0.4, 0.5) is 5.69 Å². The van der Waals surface area contributed by atoms with Crippen molar-refractivity contribution in [3.05, 3.63) is 64.2 Å². The van der Waals surface area contributed by atoms with E-state index in [4.69, 9.17) is 4.74 Å². The molecule has 10 nitrogen and oxygen atoms in total. The van der Waals surface area contributed by atoms with Crippen LogP contribution in [0.25, 0.3) is 11.4 Å². The van der Waals surface area contributed by atoms with Gasteiger partial charge < -0.3 is 9.30 Å². The lowest BCUT2D eigenvalue weighted by Crippen LogP contribution is -2.19. The largest absolute Gasteiger partial charge is 0.497 e. The summed E-state index contributed by atoms with van der Waals surface area (Å²) in [6, 6.07) is 13.4. The molecular weight excluding hydrogens is 408 g/mol. The van der Waals surface area contributed by atoms with E-state index in [1.165, 1.54) is 30.1 Å². The first-order valence-corrected chi connectivity index (χ1v) is 9.69. The molecule has 0 saturated heterocycles. The first-order chi connectivity index (χ1) is 14.5. The minimum absolute atomic E-state index is 0.0296. The predicted octanol–water partition coefficient (Wildman–Crippen LogP) is 2.64.